The fraction of sp³-hybridized carbons (Fsp3) is 0.0667. The molecule has 9 aromatic rings. The molecule has 1 atom stereocenters. The second kappa shape index (κ2) is 16.0. The second-order valence-electron chi connectivity index (χ2n) is 16.9. The van der Waals surface area contributed by atoms with Crippen molar-refractivity contribution in [1.82, 2.24) is 4.57 Å². The maximum Gasteiger partial charge on any atom is 0.0542 e. The van der Waals surface area contributed by atoms with Gasteiger partial charge in [0, 0.05) is 80.0 Å². The molecule has 0 saturated heterocycles. The Morgan fingerprint density at radius 2 is 0.969 bits per heavy atom. The van der Waals surface area contributed by atoms with Crippen LogP contribution in [0.4, 0.5) is 34.1 Å². The molecule has 12 rings (SSSR count). The average molecular weight is 823 g/mol. The van der Waals surface area contributed by atoms with Crippen molar-refractivity contribution in [3.63, 3.8) is 0 Å². The number of nitrogens with zero attached hydrogens (tertiary/aromatic N) is 4. The summed E-state index contributed by atoms with van der Waals surface area (Å²) in [6.07, 6.45) is 12.1. The van der Waals surface area contributed by atoms with Gasteiger partial charge in [-0.1, -0.05) is 127 Å². The van der Waals surface area contributed by atoms with Gasteiger partial charge in [0.15, 0.2) is 0 Å². The summed E-state index contributed by atoms with van der Waals surface area (Å²) in [5.74, 6) is 0.266. The summed E-state index contributed by atoms with van der Waals surface area (Å²) in [6, 6.07) is 76.9. The molecule has 0 amide bonds. The van der Waals surface area contributed by atoms with E-state index in [1.165, 1.54) is 72.7 Å². The van der Waals surface area contributed by atoms with Crippen molar-refractivity contribution < 1.29 is 0 Å². The molecular formula is C60H46N4. The predicted octanol–water partition coefficient (Wildman–Crippen LogP) is 15.9. The largest absolute Gasteiger partial charge is 0.314 e. The van der Waals surface area contributed by atoms with Crippen LogP contribution in [0.2, 0.25) is 0 Å². The topological polar surface area (TPSA) is 14.7 Å². The van der Waals surface area contributed by atoms with Gasteiger partial charge in [-0.2, -0.15) is 0 Å². The summed E-state index contributed by atoms with van der Waals surface area (Å²) >= 11 is 0. The highest BCUT2D eigenvalue weighted by Gasteiger charge is 2.37. The molecule has 3 aliphatic rings. The van der Waals surface area contributed by atoms with Crippen LogP contribution in [0.15, 0.2) is 254 Å². The van der Waals surface area contributed by atoms with Crippen LogP contribution in [-0.4, -0.2) is 4.57 Å². The minimum Gasteiger partial charge on any atom is -0.314 e. The number of anilines is 6. The van der Waals surface area contributed by atoms with Gasteiger partial charge < -0.3 is 19.3 Å². The summed E-state index contributed by atoms with van der Waals surface area (Å²) in [5, 5.41) is 2.50. The van der Waals surface area contributed by atoms with Crippen molar-refractivity contribution in [2.24, 2.45) is 0 Å². The van der Waals surface area contributed by atoms with Gasteiger partial charge in [0.25, 0.3) is 0 Å². The first-order chi connectivity index (χ1) is 31.8. The van der Waals surface area contributed by atoms with Crippen LogP contribution in [0.25, 0.3) is 33.1 Å². The van der Waals surface area contributed by atoms with E-state index in [4.69, 9.17) is 0 Å². The summed E-state index contributed by atoms with van der Waals surface area (Å²) in [5.41, 5.74) is 18.6. The Labute approximate surface area is 374 Å². The fourth-order valence-corrected chi connectivity index (χ4v) is 10.3. The number of fused-ring (bicyclic) bond motifs is 6. The molecule has 0 spiro atoms. The van der Waals surface area contributed by atoms with Crippen molar-refractivity contribution in [1.29, 1.82) is 0 Å². The molecule has 0 bridgehead atoms. The van der Waals surface area contributed by atoms with E-state index in [2.05, 4.69) is 256 Å². The first kappa shape index (κ1) is 37.7. The zero-order valence-electron chi connectivity index (χ0n) is 35.5. The number of allylic oxidation sites excluding steroid dienone is 8. The van der Waals surface area contributed by atoms with Gasteiger partial charge in [0.1, 0.15) is 0 Å². The molecule has 4 heteroatoms. The molecule has 8 aromatic carbocycles. The predicted molar refractivity (Wildman–Crippen MR) is 268 cm³/mol. The molecule has 1 aliphatic heterocycles. The minimum atomic E-state index is 0.266. The Morgan fingerprint density at radius 3 is 1.67 bits per heavy atom. The highest BCUT2D eigenvalue weighted by molar-refractivity contribution is 6.10. The molecule has 0 radical (unpaired) electrons. The van der Waals surface area contributed by atoms with Gasteiger partial charge in [0.05, 0.1) is 11.0 Å². The van der Waals surface area contributed by atoms with Crippen molar-refractivity contribution >= 4 is 61.5 Å². The molecule has 2 aliphatic carbocycles. The van der Waals surface area contributed by atoms with Crippen molar-refractivity contribution in [3.05, 3.63) is 265 Å². The van der Waals surface area contributed by atoms with E-state index in [-0.39, 0.29) is 5.92 Å². The highest BCUT2D eigenvalue weighted by Crippen LogP contribution is 2.52. The zero-order chi connectivity index (χ0) is 42.4. The van der Waals surface area contributed by atoms with Crippen molar-refractivity contribution in [2.75, 3.05) is 14.7 Å². The lowest BCUT2D eigenvalue weighted by atomic mass is 9.89. The third kappa shape index (κ3) is 6.54. The van der Waals surface area contributed by atoms with Gasteiger partial charge in [-0.05, 0) is 139 Å². The normalized spacial score (nSPS) is 15.5. The number of aromatic nitrogens is 1. The number of hydrogen-bond donors (Lipinski definition) is 0. The molecule has 1 aromatic heterocycles. The van der Waals surface area contributed by atoms with E-state index in [0.29, 0.717) is 0 Å². The van der Waals surface area contributed by atoms with Gasteiger partial charge in [-0.3, -0.25) is 0 Å². The molecular weight excluding hydrogens is 777 g/mol. The number of benzene rings is 8. The lowest BCUT2D eigenvalue weighted by Crippen LogP contribution is -2.22. The van der Waals surface area contributed by atoms with Crippen LogP contribution in [0, 0.1) is 0 Å². The smallest absolute Gasteiger partial charge is 0.0542 e. The van der Waals surface area contributed by atoms with Crippen LogP contribution >= 0.6 is 0 Å². The average Bonchev–Trinajstić information content (AvgIpc) is 3.88. The Balaban J connectivity index is 0.872. The van der Waals surface area contributed by atoms with E-state index in [0.717, 1.165) is 42.0 Å². The van der Waals surface area contributed by atoms with Crippen LogP contribution in [0.1, 0.15) is 36.3 Å². The lowest BCUT2D eigenvalue weighted by molar-refractivity contribution is 0.768. The van der Waals surface area contributed by atoms with Crippen LogP contribution in [0.3, 0.4) is 0 Å². The maximum atomic E-state index is 2.45. The van der Waals surface area contributed by atoms with Crippen LogP contribution in [-0.2, 0) is 0 Å². The molecule has 0 fully saturated rings. The Bertz CT molecular complexity index is 3290. The van der Waals surface area contributed by atoms with Crippen LogP contribution in [0.5, 0.6) is 0 Å². The Morgan fingerprint density at radius 1 is 0.406 bits per heavy atom. The van der Waals surface area contributed by atoms with Gasteiger partial charge in [-0.25, -0.2) is 0 Å². The quantitative estimate of drug-likeness (QED) is 0.144. The molecule has 4 nitrogen and oxygen atoms in total. The molecule has 306 valence electrons. The Kier molecular flexibility index (Phi) is 9.41. The SMILES string of the molecule is C1=C(c2ccc(N(C3=CC=C4C(C3)c3ccccc3N4c3ccccc3)c3ccccc3)cc2)CCC(N(c2ccccc2)c2ccc3c(c2)c2ccccc2n3-c2ccccc2)=C1. The molecule has 64 heavy (non-hydrogen) atoms. The maximum absolute atomic E-state index is 2.45. The minimum absolute atomic E-state index is 0.266. The summed E-state index contributed by atoms with van der Waals surface area (Å²) in [7, 11) is 0. The van der Waals surface area contributed by atoms with E-state index in [1.807, 2.05) is 0 Å². The first-order valence-corrected chi connectivity index (χ1v) is 22.4. The second-order valence-corrected chi connectivity index (χ2v) is 16.9. The van der Waals surface area contributed by atoms with Crippen LogP contribution < -0.4 is 14.7 Å². The number of para-hydroxylation sites is 6. The first-order valence-electron chi connectivity index (χ1n) is 22.4. The van der Waals surface area contributed by atoms with E-state index >= 15 is 0 Å². The molecule has 1 unspecified atom stereocenters. The number of rotatable bonds is 9. The van der Waals surface area contributed by atoms with Crippen molar-refractivity contribution in [3.8, 4) is 5.69 Å². The summed E-state index contributed by atoms with van der Waals surface area (Å²) in [6.45, 7) is 0. The molecule has 0 saturated carbocycles. The monoisotopic (exact) mass is 822 g/mol. The van der Waals surface area contributed by atoms with Gasteiger partial charge in [-0.15, -0.1) is 0 Å². The standard InChI is InChI=1S/C60H46N4/c1-5-17-45(18-6-1)61(51-37-39-59-55(41-51)53-25-13-15-27-57(53)63(59)47-21-9-3-10-22-47)49-33-29-43(30-34-49)44-31-35-50(36-32-44)62(46-19-7-2-8-20-46)52-38-40-60-56(42-52)54-26-14-16-28-58(54)64(60)48-23-11-4-12-24-48/h1-31,33-35,37-40,42,55H,32,36,41H2. The van der Waals surface area contributed by atoms with E-state index < -0.39 is 0 Å². The molecule has 2 heterocycles. The van der Waals surface area contributed by atoms with E-state index in [1.54, 1.807) is 0 Å². The van der Waals surface area contributed by atoms with Gasteiger partial charge >= 0.3 is 0 Å². The summed E-state index contributed by atoms with van der Waals surface area (Å²) in [4.78, 5) is 7.34. The third-order valence-electron chi connectivity index (χ3n) is 13.2. The molecule has 0 N–H and O–H groups in total. The fourth-order valence-electron chi connectivity index (χ4n) is 10.3. The highest BCUT2D eigenvalue weighted by atomic mass is 15.2. The van der Waals surface area contributed by atoms with Crippen molar-refractivity contribution in [2.45, 2.75) is 25.2 Å². The Hall–Kier alpha value is -8.08. The van der Waals surface area contributed by atoms with E-state index in [9.17, 15) is 0 Å². The summed E-state index contributed by atoms with van der Waals surface area (Å²) < 4.78 is 2.38. The number of hydrogen-bond acceptors (Lipinski definition) is 3. The zero-order valence-corrected chi connectivity index (χ0v) is 35.5. The van der Waals surface area contributed by atoms with Gasteiger partial charge in [0.2, 0.25) is 0 Å². The lowest BCUT2D eigenvalue weighted by Gasteiger charge is -2.33. The third-order valence-corrected chi connectivity index (χ3v) is 13.2.